The Bertz CT molecular complexity index is 157. The lowest BCUT2D eigenvalue weighted by atomic mass is 9.91. The van der Waals surface area contributed by atoms with Gasteiger partial charge >= 0.3 is 0 Å². The van der Waals surface area contributed by atoms with Crippen molar-refractivity contribution in [2.45, 2.75) is 65.3 Å². The average Bonchev–Trinajstić information content (AvgIpc) is 2.31. The minimum atomic E-state index is 0.712. The van der Waals surface area contributed by atoms with Gasteiger partial charge in [-0.2, -0.15) is 0 Å². The van der Waals surface area contributed by atoms with Crippen molar-refractivity contribution in [3.8, 4) is 0 Å². The quantitative estimate of drug-likeness (QED) is 0.596. The first kappa shape index (κ1) is 16.9. The summed E-state index contributed by atoms with van der Waals surface area (Å²) in [4.78, 5) is 2.29. The lowest BCUT2D eigenvalue weighted by Crippen LogP contribution is -2.34. The Morgan fingerprint density at radius 1 is 1.06 bits per heavy atom. The molecular formula is C15H34N2. The maximum Gasteiger partial charge on any atom is 0.00817 e. The normalized spacial score (nSPS) is 15.2. The zero-order valence-electron chi connectivity index (χ0n) is 12.8. The van der Waals surface area contributed by atoms with E-state index in [0.717, 1.165) is 12.5 Å². The molecule has 0 saturated carbocycles. The van der Waals surface area contributed by atoms with Crippen molar-refractivity contribution in [2.75, 3.05) is 27.2 Å². The first-order chi connectivity index (χ1) is 8.13. The van der Waals surface area contributed by atoms with Crippen molar-refractivity contribution in [1.82, 2.24) is 10.2 Å². The summed E-state index contributed by atoms with van der Waals surface area (Å²) < 4.78 is 0. The van der Waals surface area contributed by atoms with Crippen LogP contribution in [0.1, 0.15) is 59.3 Å². The molecule has 0 heterocycles. The van der Waals surface area contributed by atoms with Crippen molar-refractivity contribution >= 4 is 0 Å². The highest BCUT2D eigenvalue weighted by molar-refractivity contribution is 4.72. The Kier molecular flexibility index (Phi) is 11.0. The van der Waals surface area contributed by atoms with Crippen LogP contribution in [0.2, 0.25) is 0 Å². The molecule has 0 saturated heterocycles. The van der Waals surface area contributed by atoms with Gasteiger partial charge in [0.05, 0.1) is 0 Å². The third kappa shape index (κ3) is 9.61. The highest BCUT2D eigenvalue weighted by Gasteiger charge is 2.14. The molecule has 0 fully saturated rings. The van der Waals surface area contributed by atoms with Gasteiger partial charge in [-0.15, -0.1) is 0 Å². The van der Waals surface area contributed by atoms with Gasteiger partial charge < -0.3 is 10.2 Å². The fourth-order valence-corrected chi connectivity index (χ4v) is 2.39. The van der Waals surface area contributed by atoms with E-state index in [0.29, 0.717) is 6.04 Å². The van der Waals surface area contributed by atoms with E-state index in [4.69, 9.17) is 0 Å². The van der Waals surface area contributed by atoms with Crippen molar-refractivity contribution in [2.24, 2.45) is 5.92 Å². The molecule has 0 aliphatic heterocycles. The summed E-state index contributed by atoms with van der Waals surface area (Å²) in [7, 11) is 4.33. The Morgan fingerprint density at radius 3 is 2.24 bits per heavy atom. The highest BCUT2D eigenvalue weighted by Crippen LogP contribution is 2.19. The number of hydrogen-bond donors (Lipinski definition) is 1. The first-order valence-corrected chi connectivity index (χ1v) is 7.52. The summed E-state index contributed by atoms with van der Waals surface area (Å²) in [6.07, 6.45) is 8.12. The van der Waals surface area contributed by atoms with E-state index in [1.54, 1.807) is 0 Å². The Labute approximate surface area is 109 Å². The van der Waals surface area contributed by atoms with Gasteiger partial charge in [0.2, 0.25) is 0 Å². The molecular weight excluding hydrogens is 208 g/mol. The predicted octanol–water partition coefficient (Wildman–Crippen LogP) is 3.52. The smallest absolute Gasteiger partial charge is 0.00817 e. The summed E-state index contributed by atoms with van der Waals surface area (Å²) in [5.74, 6) is 0.918. The van der Waals surface area contributed by atoms with E-state index in [-0.39, 0.29) is 0 Å². The number of nitrogens with one attached hydrogen (secondary N) is 1. The first-order valence-electron chi connectivity index (χ1n) is 7.52. The van der Waals surface area contributed by atoms with E-state index in [1.165, 1.54) is 45.1 Å². The standard InChI is InChI=1S/C15H34N2/c1-6-9-10-14(7-2)13-15(16-8-3)11-12-17(4)5/h14-16H,6-13H2,1-5H3. The molecule has 0 amide bonds. The second kappa shape index (κ2) is 11.0. The summed E-state index contributed by atoms with van der Waals surface area (Å²) >= 11 is 0. The molecule has 2 nitrogen and oxygen atoms in total. The van der Waals surface area contributed by atoms with Crippen molar-refractivity contribution < 1.29 is 0 Å². The molecule has 0 aromatic rings. The Morgan fingerprint density at radius 2 is 1.76 bits per heavy atom. The second-order valence-electron chi connectivity index (χ2n) is 5.50. The molecule has 0 aromatic heterocycles. The van der Waals surface area contributed by atoms with Gasteiger partial charge in [-0.25, -0.2) is 0 Å². The van der Waals surface area contributed by atoms with Crippen molar-refractivity contribution in [3.63, 3.8) is 0 Å². The molecule has 0 aliphatic carbocycles. The van der Waals surface area contributed by atoms with Gasteiger partial charge in [0.25, 0.3) is 0 Å². The maximum absolute atomic E-state index is 3.65. The van der Waals surface area contributed by atoms with Gasteiger partial charge in [-0.05, 0) is 45.9 Å². The minimum Gasteiger partial charge on any atom is -0.314 e. The zero-order valence-corrected chi connectivity index (χ0v) is 12.8. The molecule has 2 atom stereocenters. The van der Waals surface area contributed by atoms with Gasteiger partial charge in [0.15, 0.2) is 0 Å². The molecule has 0 aliphatic rings. The van der Waals surface area contributed by atoms with Gasteiger partial charge in [-0.1, -0.05) is 46.5 Å². The molecule has 0 radical (unpaired) electrons. The van der Waals surface area contributed by atoms with E-state index in [1.807, 2.05) is 0 Å². The topological polar surface area (TPSA) is 15.3 Å². The van der Waals surface area contributed by atoms with Crippen LogP contribution < -0.4 is 5.32 Å². The predicted molar refractivity (Wildman–Crippen MR) is 78.6 cm³/mol. The molecule has 0 rings (SSSR count). The van der Waals surface area contributed by atoms with E-state index in [2.05, 4.69) is 45.1 Å². The summed E-state index contributed by atoms with van der Waals surface area (Å²) in [5.41, 5.74) is 0. The average molecular weight is 242 g/mol. The fourth-order valence-electron chi connectivity index (χ4n) is 2.39. The molecule has 2 heteroatoms. The van der Waals surface area contributed by atoms with E-state index >= 15 is 0 Å². The zero-order chi connectivity index (χ0) is 13.1. The Hall–Kier alpha value is -0.0800. The van der Waals surface area contributed by atoms with Crippen LogP contribution in [-0.4, -0.2) is 38.1 Å². The maximum atomic E-state index is 3.65. The number of unbranched alkanes of at least 4 members (excludes halogenated alkanes) is 1. The van der Waals surface area contributed by atoms with Gasteiger partial charge in [0, 0.05) is 6.04 Å². The second-order valence-corrected chi connectivity index (χ2v) is 5.50. The lowest BCUT2D eigenvalue weighted by molar-refractivity contribution is 0.305. The Balaban J connectivity index is 4.00. The number of rotatable bonds is 11. The molecule has 2 unspecified atom stereocenters. The van der Waals surface area contributed by atoms with Gasteiger partial charge in [-0.3, -0.25) is 0 Å². The van der Waals surface area contributed by atoms with Gasteiger partial charge in [0.1, 0.15) is 0 Å². The lowest BCUT2D eigenvalue weighted by Gasteiger charge is -2.24. The van der Waals surface area contributed by atoms with Crippen LogP contribution in [0.15, 0.2) is 0 Å². The SMILES string of the molecule is CCCCC(CC)CC(CCN(C)C)NCC. The van der Waals surface area contributed by atoms with Crippen molar-refractivity contribution in [3.05, 3.63) is 0 Å². The summed E-state index contributed by atoms with van der Waals surface area (Å²) in [6.45, 7) is 9.15. The molecule has 17 heavy (non-hydrogen) atoms. The van der Waals surface area contributed by atoms with Crippen LogP contribution in [-0.2, 0) is 0 Å². The minimum absolute atomic E-state index is 0.712. The monoisotopic (exact) mass is 242 g/mol. The number of nitrogens with zero attached hydrogens (tertiary/aromatic N) is 1. The van der Waals surface area contributed by atoms with Crippen LogP contribution >= 0.6 is 0 Å². The summed E-state index contributed by atoms with van der Waals surface area (Å²) in [6, 6.07) is 0.712. The largest absolute Gasteiger partial charge is 0.314 e. The van der Waals surface area contributed by atoms with Crippen molar-refractivity contribution in [1.29, 1.82) is 0 Å². The molecule has 0 aromatic carbocycles. The molecule has 104 valence electrons. The van der Waals surface area contributed by atoms with E-state index < -0.39 is 0 Å². The molecule has 1 N–H and O–H groups in total. The van der Waals surface area contributed by atoms with Crippen LogP contribution in [0, 0.1) is 5.92 Å². The highest BCUT2D eigenvalue weighted by atomic mass is 15.1. The van der Waals surface area contributed by atoms with Crippen LogP contribution in [0.25, 0.3) is 0 Å². The van der Waals surface area contributed by atoms with Crippen LogP contribution in [0.3, 0.4) is 0 Å². The summed E-state index contributed by atoms with van der Waals surface area (Å²) in [5, 5.41) is 3.65. The van der Waals surface area contributed by atoms with Crippen LogP contribution in [0.4, 0.5) is 0 Å². The fraction of sp³-hybridized carbons (Fsp3) is 1.00. The third-order valence-corrected chi connectivity index (χ3v) is 3.58. The molecule has 0 spiro atoms. The molecule has 0 bridgehead atoms. The van der Waals surface area contributed by atoms with E-state index in [9.17, 15) is 0 Å². The third-order valence-electron chi connectivity index (χ3n) is 3.58. The number of hydrogen-bond acceptors (Lipinski definition) is 2. The van der Waals surface area contributed by atoms with Crippen LogP contribution in [0.5, 0.6) is 0 Å².